The summed E-state index contributed by atoms with van der Waals surface area (Å²) in [6, 6.07) is 1.76. The Hall–Kier alpha value is -4.57. The first-order valence-electron chi connectivity index (χ1n) is 12.6. The molecule has 2 fully saturated rings. The zero-order valence-electron chi connectivity index (χ0n) is 21.4. The normalized spacial score (nSPS) is 20.0. The molecule has 4 atom stereocenters. The van der Waals surface area contributed by atoms with Gasteiger partial charge in [-0.3, -0.25) is 24.2 Å². The molecule has 1 aromatic carbocycles. The van der Waals surface area contributed by atoms with Crippen LogP contribution in [0, 0.1) is 24.2 Å². The molecule has 0 spiro atoms. The number of hydrogen-bond acceptors (Lipinski definition) is 7. The second-order valence-electron chi connectivity index (χ2n) is 9.93. The lowest BCUT2D eigenvalue weighted by Gasteiger charge is -2.19. The number of halogens is 4. The molecule has 208 valence electrons. The lowest BCUT2D eigenvalue weighted by molar-refractivity contribution is 0.102. The molecule has 1 amide bonds. The Balaban J connectivity index is 1.16. The van der Waals surface area contributed by atoms with Crippen LogP contribution in [0.1, 0.15) is 47.4 Å². The van der Waals surface area contributed by atoms with Crippen molar-refractivity contribution in [1.82, 2.24) is 29.7 Å². The van der Waals surface area contributed by atoms with E-state index in [-0.39, 0.29) is 28.6 Å². The quantitative estimate of drug-likeness (QED) is 0.291. The monoisotopic (exact) mass is 579 g/mol. The van der Waals surface area contributed by atoms with Gasteiger partial charge in [0.15, 0.2) is 5.82 Å². The summed E-state index contributed by atoms with van der Waals surface area (Å²) in [7, 11) is 0. The van der Waals surface area contributed by atoms with Gasteiger partial charge in [0.25, 0.3) is 12.3 Å². The fourth-order valence-corrected chi connectivity index (χ4v) is 5.22. The summed E-state index contributed by atoms with van der Waals surface area (Å²) in [5, 5.41) is 6.59. The van der Waals surface area contributed by atoms with Crippen molar-refractivity contribution in [3.05, 3.63) is 88.4 Å². The number of nitrogens with one attached hydrogen (secondary N) is 1. The van der Waals surface area contributed by atoms with Gasteiger partial charge in [0.2, 0.25) is 5.95 Å². The molecular formula is C27H21ClF3N9O. The molecule has 41 heavy (non-hydrogen) atoms. The van der Waals surface area contributed by atoms with Gasteiger partial charge in [0.1, 0.15) is 5.69 Å². The maximum atomic E-state index is 14.7. The number of nitrogens with zero attached hydrogens (tertiary/aromatic N) is 8. The molecule has 0 unspecified atom stereocenters. The lowest BCUT2D eigenvalue weighted by atomic mass is 10.0. The van der Waals surface area contributed by atoms with Crippen LogP contribution in [-0.2, 0) is 0 Å². The van der Waals surface area contributed by atoms with E-state index in [1.165, 1.54) is 6.20 Å². The van der Waals surface area contributed by atoms with Gasteiger partial charge in [-0.15, -0.1) is 0 Å². The molecule has 3 aromatic heterocycles. The minimum absolute atomic E-state index is 0.207. The number of hydrogen-bond donors (Lipinski definition) is 1. The summed E-state index contributed by atoms with van der Waals surface area (Å²) in [5.74, 6) is -0.279. The summed E-state index contributed by atoms with van der Waals surface area (Å²) in [5.41, 5.74) is -0.496. The number of benzene rings is 1. The first kappa shape index (κ1) is 26.6. The number of aromatic nitrogens is 6. The minimum atomic E-state index is -2.99. The van der Waals surface area contributed by atoms with Crippen molar-refractivity contribution in [3.63, 3.8) is 0 Å². The van der Waals surface area contributed by atoms with E-state index in [4.69, 9.17) is 18.2 Å². The summed E-state index contributed by atoms with van der Waals surface area (Å²) < 4.78 is 43.4. The number of rotatable bonds is 7. The third kappa shape index (κ3) is 4.95. The third-order valence-electron chi connectivity index (χ3n) is 7.38. The molecular weight excluding hydrogens is 559 g/mol. The van der Waals surface area contributed by atoms with E-state index in [2.05, 4.69) is 35.2 Å². The Morgan fingerprint density at radius 1 is 1.20 bits per heavy atom. The van der Waals surface area contributed by atoms with Crippen LogP contribution in [0.2, 0.25) is 5.02 Å². The average Bonchev–Trinajstić information content (AvgIpc) is 3.41. The molecule has 14 heteroatoms. The van der Waals surface area contributed by atoms with Crippen LogP contribution in [0.4, 0.5) is 24.8 Å². The Bertz CT molecular complexity index is 1670. The Morgan fingerprint density at radius 3 is 2.71 bits per heavy atom. The first-order valence-corrected chi connectivity index (χ1v) is 13.0. The van der Waals surface area contributed by atoms with Gasteiger partial charge < -0.3 is 5.32 Å². The minimum Gasteiger partial charge on any atom is -0.318 e. The van der Waals surface area contributed by atoms with E-state index < -0.39 is 29.3 Å². The topological polar surface area (TPSA) is 106 Å². The van der Waals surface area contributed by atoms with Crippen LogP contribution in [0.3, 0.4) is 0 Å². The van der Waals surface area contributed by atoms with Gasteiger partial charge in [-0.2, -0.15) is 5.10 Å². The Labute approximate surface area is 237 Å². The van der Waals surface area contributed by atoms with E-state index in [1.807, 2.05) is 11.8 Å². The second-order valence-corrected chi connectivity index (χ2v) is 10.3. The molecule has 0 radical (unpaired) electrons. The summed E-state index contributed by atoms with van der Waals surface area (Å²) >= 11 is 5.80. The Morgan fingerprint density at radius 2 is 1.98 bits per heavy atom. The van der Waals surface area contributed by atoms with Crippen molar-refractivity contribution in [2.45, 2.75) is 32.0 Å². The molecule has 4 aromatic rings. The fraction of sp³-hybridized carbons (Fsp3) is 0.296. The van der Waals surface area contributed by atoms with E-state index in [9.17, 15) is 18.0 Å². The van der Waals surface area contributed by atoms with E-state index in [1.54, 1.807) is 23.3 Å². The highest BCUT2D eigenvalue weighted by Gasteiger charge is 2.58. The smallest absolute Gasteiger partial charge is 0.303 e. The summed E-state index contributed by atoms with van der Waals surface area (Å²) in [4.78, 5) is 35.5. The number of carbonyl (C=O) groups excluding carboxylic acids is 1. The number of alkyl halides is 2. The molecule has 2 aliphatic rings. The number of carbonyl (C=O) groups is 1. The molecule has 1 aliphatic carbocycles. The van der Waals surface area contributed by atoms with Crippen LogP contribution in [0.25, 0.3) is 16.1 Å². The van der Waals surface area contributed by atoms with Crippen molar-refractivity contribution < 1.29 is 18.0 Å². The molecule has 1 saturated carbocycles. The first-order chi connectivity index (χ1) is 19.7. The molecule has 0 bridgehead atoms. The Kier molecular flexibility index (Phi) is 6.78. The lowest BCUT2D eigenvalue weighted by Crippen LogP contribution is -2.32. The van der Waals surface area contributed by atoms with Gasteiger partial charge in [0, 0.05) is 41.8 Å². The molecule has 6 rings (SSSR count). The van der Waals surface area contributed by atoms with Crippen molar-refractivity contribution in [1.29, 1.82) is 0 Å². The summed E-state index contributed by atoms with van der Waals surface area (Å²) in [6.45, 7) is 10.2. The van der Waals surface area contributed by atoms with Crippen molar-refractivity contribution in [2.75, 3.05) is 16.8 Å². The van der Waals surface area contributed by atoms with Gasteiger partial charge in [-0.05, 0) is 25.3 Å². The molecule has 1 N–H and O–H groups in total. The molecule has 4 heterocycles. The van der Waals surface area contributed by atoms with Crippen molar-refractivity contribution >= 4 is 29.1 Å². The van der Waals surface area contributed by atoms with Crippen LogP contribution < -0.4 is 10.2 Å². The van der Waals surface area contributed by atoms with Crippen LogP contribution in [-0.4, -0.2) is 48.3 Å². The zero-order chi connectivity index (χ0) is 28.8. The van der Waals surface area contributed by atoms with Crippen molar-refractivity contribution in [3.8, 4) is 11.3 Å². The van der Waals surface area contributed by atoms with Gasteiger partial charge in [-0.1, -0.05) is 17.7 Å². The van der Waals surface area contributed by atoms with Gasteiger partial charge in [0.05, 0.1) is 47.0 Å². The van der Waals surface area contributed by atoms with Crippen LogP contribution >= 0.6 is 11.6 Å². The number of fused-ring (bicyclic) bond motifs is 1. The number of piperidine rings is 1. The maximum Gasteiger partial charge on any atom is 0.303 e. The molecule has 1 saturated heterocycles. The average molecular weight is 580 g/mol. The number of anilines is 2. The highest BCUT2D eigenvalue weighted by molar-refractivity contribution is 6.31. The van der Waals surface area contributed by atoms with E-state index in [0.29, 0.717) is 23.5 Å². The highest BCUT2D eigenvalue weighted by atomic mass is 35.5. The highest BCUT2D eigenvalue weighted by Crippen LogP contribution is 2.50. The van der Waals surface area contributed by atoms with E-state index >= 15 is 0 Å². The molecule has 10 nitrogen and oxygen atoms in total. The zero-order valence-corrected chi connectivity index (χ0v) is 22.2. The number of amides is 1. The van der Waals surface area contributed by atoms with Crippen molar-refractivity contribution in [2.24, 2.45) is 11.8 Å². The largest absolute Gasteiger partial charge is 0.318 e. The standard InChI is InChI=1S/C27H21ClF3N9O/c1-13(15-6-34-27(35-7-15)39-11-14-5-18(14)25(39)32-2)40-12-16(8-36-40)37-26(41)21-10-33-9-20(38-21)22-17(24(30)31)3-4-19(28)23(22)29/h3-4,6-10,12-14,18,24-25H,5,11H2,1H3,(H,37,41)/t13-,14+,18+,25-/m0/s1. The maximum absolute atomic E-state index is 14.7. The fourth-order valence-electron chi connectivity index (χ4n) is 5.06. The second kappa shape index (κ2) is 10.4. The van der Waals surface area contributed by atoms with Gasteiger partial charge >= 0.3 is 6.17 Å². The molecule has 1 aliphatic heterocycles. The van der Waals surface area contributed by atoms with Gasteiger partial charge in [-0.25, -0.2) is 34.7 Å². The predicted octanol–water partition coefficient (Wildman–Crippen LogP) is 5.42. The van der Waals surface area contributed by atoms with E-state index in [0.717, 1.165) is 43.1 Å². The van der Waals surface area contributed by atoms with Crippen LogP contribution in [0.15, 0.2) is 49.3 Å². The SMILES string of the molecule is [C-]#[N+][C@@H]1[C@@H]2C[C@@H]2CN1c1ncc([C@H](C)n2cc(NC(=O)c3cncc(-c4c(C(F)F)ccc(Cl)c4F)n3)cn2)cn1. The third-order valence-corrected chi connectivity index (χ3v) is 7.67. The predicted molar refractivity (Wildman–Crippen MR) is 143 cm³/mol. The summed E-state index contributed by atoms with van der Waals surface area (Å²) in [6.07, 6.45) is 6.54. The van der Waals surface area contributed by atoms with Crippen LogP contribution in [0.5, 0.6) is 0 Å².